The van der Waals surface area contributed by atoms with Crippen molar-refractivity contribution in [3.8, 4) is 22.6 Å². The molecule has 1 aliphatic heterocycles. The van der Waals surface area contributed by atoms with E-state index in [0.29, 0.717) is 12.8 Å². The average molecular weight is 320 g/mol. The SMILES string of the molecule is Oc1cc(F)ccc1CCC1Oc2ccccc2-c2ccccc21. The minimum atomic E-state index is -0.426. The second-order valence-corrected chi connectivity index (χ2v) is 6.00. The molecule has 0 bridgehead atoms. The Morgan fingerprint density at radius 3 is 2.50 bits per heavy atom. The maximum atomic E-state index is 13.1. The zero-order valence-electron chi connectivity index (χ0n) is 13.1. The van der Waals surface area contributed by atoms with Gasteiger partial charge in [0.05, 0.1) is 0 Å². The van der Waals surface area contributed by atoms with Crippen LogP contribution < -0.4 is 4.74 Å². The zero-order chi connectivity index (χ0) is 16.5. The van der Waals surface area contributed by atoms with Gasteiger partial charge >= 0.3 is 0 Å². The van der Waals surface area contributed by atoms with Gasteiger partial charge in [0.15, 0.2) is 0 Å². The van der Waals surface area contributed by atoms with Crippen molar-refractivity contribution in [3.63, 3.8) is 0 Å². The number of fused-ring (bicyclic) bond motifs is 3. The molecule has 0 radical (unpaired) electrons. The van der Waals surface area contributed by atoms with Gasteiger partial charge in [-0.2, -0.15) is 0 Å². The summed E-state index contributed by atoms with van der Waals surface area (Å²) in [5.41, 5.74) is 4.18. The highest BCUT2D eigenvalue weighted by molar-refractivity contribution is 5.75. The van der Waals surface area contributed by atoms with Crippen LogP contribution in [0.4, 0.5) is 4.39 Å². The first-order valence-electron chi connectivity index (χ1n) is 8.05. The predicted molar refractivity (Wildman–Crippen MR) is 91.6 cm³/mol. The van der Waals surface area contributed by atoms with Crippen LogP contribution in [-0.2, 0) is 6.42 Å². The summed E-state index contributed by atoms with van der Waals surface area (Å²) in [5.74, 6) is 0.452. The first-order chi connectivity index (χ1) is 11.7. The lowest BCUT2D eigenvalue weighted by molar-refractivity contribution is 0.191. The fourth-order valence-corrected chi connectivity index (χ4v) is 3.28. The Bertz CT molecular complexity index is 889. The van der Waals surface area contributed by atoms with Gasteiger partial charge in [-0.3, -0.25) is 0 Å². The maximum Gasteiger partial charge on any atom is 0.128 e. The van der Waals surface area contributed by atoms with Gasteiger partial charge in [-0.05, 0) is 36.1 Å². The van der Waals surface area contributed by atoms with E-state index in [-0.39, 0.29) is 11.9 Å². The number of aryl methyl sites for hydroxylation is 1. The van der Waals surface area contributed by atoms with Crippen molar-refractivity contribution >= 4 is 0 Å². The van der Waals surface area contributed by atoms with Crippen molar-refractivity contribution in [1.82, 2.24) is 0 Å². The number of phenols is 1. The number of aromatic hydroxyl groups is 1. The Balaban J connectivity index is 1.63. The molecule has 120 valence electrons. The smallest absolute Gasteiger partial charge is 0.128 e. The molecular formula is C21H17FO2. The number of hydrogen-bond acceptors (Lipinski definition) is 2. The van der Waals surface area contributed by atoms with Crippen molar-refractivity contribution in [1.29, 1.82) is 0 Å². The first kappa shape index (κ1) is 14.8. The monoisotopic (exact) mass is 320 g/mol. The van der Waals surface area contributed by atoms with Gasteiger partial charge < -0.3 is 9.84 Å². The molecule has 1 N–H and O–H groups in total. The molecule has 3 aromatic rings. The number of phenolic OH excluding ortho intramolecular Hbond substituents is 1. The summed E-state index contributed by atoms with van der Waals surface area (Å²) >= 11 is 0. The number of ether oxygens (including phenoxy) is 1. The standard InChI is InChI=1S/C21H17FO2/c22-15-11-9-14(19(23)13-15)10-12-21-18-6-2-1-5-16(18)17-7-3-4-8-20(17)24-21/h1-9,11,13,21,23H,10,12H2. The van der Waals surface area contributed by atoms with Crippen LogP contribution in [0.1, 0.15) is 23.7 Å². The topological polar surface area (TPSA) is 29.5 Å². The normalized spacial score (nSPS) is 15.3. The van der Waals surface area contributed by atoms with E-state index in [4.69, 9.17) is 4.74 Å². The molecule has 24 heavy (non-hydrogen) atoms. The molecule has 0 aliphatic carbocycles. The fourth-order valence-electron chi connectivity index (χ4n) is 3.28. The number of benzene rings is 3. The molecular weight excluding hydrogens is 303 g/mol. The van der Waals surface area contributed by atoms with Crippen LogP contribution >= 0.6 is 0 Å². The van der Waals surface area contributed by atoms with Crippen LogP contribution in [0.5, 0.6) is 11.5 Å². The largest absolute Gasteiger partial charge is 0.508 e. The van der Waals surface area contributed by atoms with Gasteiger partial charge in [-0.15, -0.1) is 0 Å². The van der Waals surface area contributed by atoms with E-state index < -0.39 is 5.82 Å². The second-order valence-electron chi connectivity index (χ2n) is 6.00. The molecule has 0 spiro atoms. The first-order valence-corrected chi connectivity index (χ1v) is 8.05. The third-order valence-corrected chi connectivity index (χ3v) is 4.48. The van der Waals surface area contributed by atoms with Crippen molar-refractivity contribution in [2.75, 3.05) is 0 Å². The number of hydrogen-bond donors (Lipinski definition) is 1. The summed E-state index contributed by atoms with van der Waals surface area (Å²) in [6.07, 6.45) is 1.25. The molecule has 1 heterocycles. The Labute approximate surface area is 140 Å². The molecule has 0 fully saturated rings. The molecule has 1 atom stereocenters. The van der Waals surface area contributed by atoms with Crippen LogP contribution in [0.15, 0.2) is 66.7 Å². The third-order valence-electron chi connectivity index (χ3n) is 4.48. The lowest BCUT2D eigenvalue weighted by Gasteiger charge is -2.29. The number of rotatable bonds is 3. The molecule has 4 rings (SSSR count). The van der Waals surface area contributed by atoms with Gasteiger partial charge in [0.1, 0.15) is 23.4 Å². The van der Waals surface area contributed by atoms with Crippen LogP contribution in [0, 0.1) is 5.82 Å². The van der Waals surface area contributed by atoms with Gasteiger partial charge in [0.2, 0.25) is 0 Å². The third kappa shape index (κ3) is 2.62. The molecule has 0 aromatic heterocycles. The number of para-hydroxylation sites is 1. The summed E-state index contributed by atoms with van der Waals surface area (Å²) in [6, 6.07) is 20.4. The van der Waals surface area contributed by atoms with Crippen LogP contribution in [0.25, 0.3) is 11.1 Å². The van der Waals surface area contributed by atoms with Gasteiger partial charge in [0.25, 0.3) is 0 Å². The van der Waals surface area contributed by atoms with Crippen LogP contribution in [0.3, 0.4) is 0 Å². The lowest BCUT2D eigenvalue weighted by Crippen LogP contribution is -2.14. The molecule has 3 heteroatoms. The fraction of sp³-hybridized carbons (Fsp3) is 0.143. The molecule has 1 unspecified atom stereocenters. The second kappa shape index (κ2) is 6.00. The highest BCUT2D eigenvalue weighted by Crippen LogP contribution is 2.43. The summed E-state index contributed by atoms with van der Waals surface area (Å²) in [5, 5.41) is 9.89. The molecule has 1 aliphatic rings. The highest BCUT2D eigenvalue weighted by Gasteiger charge is 2.25. The molecule has 0 saturated carbocycles. The summed E-state index contributed by atoms with van der Waals surface area (Å²) in [7, 11) is 0. The Morgan fingerprint density at radius 1 is 0.917 bits per heavy atom. The van der Waals surface area contributed by atoms with Crippen LogP contribution in [0.2, 0.25) is 0 Å². The Hall–Kier alpha value is -2.81. The average Bonchev–Trinajstić information content (AvgIpc) is 2.61. The quantitative estimate of drug-likeness (QED) is 0.713. The Morgan fingerprint density at radius 2 is 1.67 bits per heavy atom. The van der Waals surface area contributed by atoms with E-state index in [2.05, 4.69) is 18.2 Å². The van der Waals surface area contributed by atoms with Gasteiger partial charge in [0, 0.05) is 17.2 Å². The van der Waals surface area contributed by atoms with Gasteiger partial charge in [-0.1, -0.05) is 48.5 Å². The van der Waals surface area contributed by atoms with E-state index in [1.165, 1.54) is 11.6 Å². The Kier molecular flexibility index (Phi) is 3.69. The summed E-state index contributed by atoms with van der Waals surface area (Å²) < 4.78 is 19.3. The van der Waals surface area contributed by atoms with E-state index in [9.17, 15) is 9.50 Å². The van der Waals surface area contributed by atoms with Crippen molar-refractivity contribution in [3.05, 3.63) is 83.7 Å². The van der Waals surface area contributed by atoms with Crippen molar-refractivity contribution in [2.45, 2.75) is 18.9 Å². The molecule has 3 aromatic carbocycles. The maximum absolute atomic E-state index is 13.1. The van der Waals surface area contributed by atoms with E-state index in [1.807, 2.05) is 30.3 Å². The number of halogens is 1. The van der Waals surface area contributed by atoms with Crippen molar-refractivity contribution < 1.29 is 14.2 Å². The predicted octanol–water partition coefficient (Wildman–Crippen LogP) is 5.26. The highest BCUT2D eigenvalue weighted by atomic mass is 19.1. The lowest BCUT2D eigenvalue weighted by atomic mass is 9.90. The van der Waals surface area contributed by atoms with E-state index in [0.717, 1.165) is 28.5 Å². The molecule has 2 nitrogen and oxygen atoms in total. The zero-order valence-corrected chi connectivity index (χ0v) is 13.1. The van der Waals surface area contributed by atoms with Gasteiger partial charge in [-0.25, -0.2) is 4.39 Å². The van der Waals surface area contributed by atoms with Crippen LogP contribution in [-0.4, -0.2) is 5.11 Å². The minimum absolute atomic E-state index is 0.000468. The molecule has 0 saturated heterocycles. The van der Waals surface area contributed by atoms with E-state index in [1.54, 1.807) is 6.07 Å². The molecule has 0 amide bonds. The summed E-state index contributed by atoms with van der Waals surface area (Å²) in [6.45, 7) is 0. The summed E-state index contributed by atoms with van der Waals surface area (Å²) in [4.78, 5) is 0. The minimum Gasteiger partial charge on any atom is -0.508 e. The van der Waals surface area contributed by atoms with Crippen molar-refractivity contribution in [2.24, 2.45) is 0 Å². The van der Waals surface area contributed by atoms with E-state index >= 15 is 0 Å².